The van der Waals surface area contributed by atoms with E-state index < -0.39 is 5.92 Å². The molecule has 2 amide bonds. The van der Waals surface area contributed by atoms with Crippen molar-refractivity contribution in [1.82, 2.24) is 10.6 Å². The van der Waals surface area contributed by atoms with E-state index in [-0.39, 0.29) is 47.3 Å². The van der Waals surface area contributed by atoms with E-state index >= 15 is 0 Å². The van der Waals surface area contributed by atoms with Gasteiger partial charge in [-0.25, -0.2) is 0 Å². The summed E-state index contributed by atoms with van der Waals surface area (Å²) in [6.45, 7) is 3.53. The molecule has 0 radical (unpaired) electrons. The van der Waals surface area contributed by atoms with Crippen LogP contribution in [0, 0.1) is 11.8 Å². The fourth-order valence-corrected chi connectivity index (χ4v) is 4.78. The fraction of sp³-hybridized carbons (Fsp3) is 0.542. The number of hydrogen-bond acceptors (Lipinski definition) is 4. The minimum Gasteiger partial charge on any atom is -0.493 e. The van der Waals surface area contributed by atoms with Crippen LogP contribution in [-0.2, 0) is 19.1 Å². The molecule has 30 heavy (non-hydrogen) atoms. The number of methoxy groups -OCH3 is 1. The van der Waals surface area contributed by atoms with Crippen molar-refractivity contribution in [2.24, 2.45) is 11.8 Å². The summed E-state index contributed by atoms with van der Waals surface area (Å²) in [5, 5.41) is 6.15. The number of ketones is 1. The second-order valence-electron chi connectivity index (χ2n) is 8.47. The van der Waals surface area contributed by atoms with Crippen LogP contribution < -0.4 is 10.6 Å². The Morgan fingerprint density at radius 1 is 1.03 bits per heavy atom. The normalized spacial score (nSPS) is 29.4. The molecule has 2 N–H and O–H groups in total. The largest absolute Gasteiger partial charge is 0.493 e. The number of Topliss-reactive ketones (excluding diaryl/α,β-unsaturated/α-hetero) is 1. The first-order valence-corrected chi connectivity index (χ1v) is 10.8. The molecule has 5 atom stereocenters. The topological polar surface area (TPSA) is 84.5 Å². The number of ether oxygens (including phenoxy) is 1. The molecule has 1 aromatic carbocycles. The summed E-state index contributed by atoms with van der Waals surface area (Å²) >= 11 is 0. The highest BCUT2D eigenvalue weighted by atomic mass is 16.5. The van der Waals surface area contributed by atoms with Gasteiger partial charge in [-0.05, 0) is 36.3 Å². The highest BCUT2D eigenvalue weighted by Crippen LogP contribution is 2.38. The summed E-state index contributed by atoms with van der Waals surface area (Å²) in [7, 11) is 1.47. The molecule has 2 aliphatic carbocycles. The Kier molecular flexibility index (Phi) is 7.29. The molecular formula is C24H32N2O4. The van der Waals surface area contributed by atoms with Crippen LogP contribution in [0.15, 0.2) is 42.2 Å². The van der Waals surface area contributed by atoms with Gasteiger partial charge in [-0.1, -0.05) is 50.1 Å². The van der Waals surface area contributed by atoms with Gasteiger partial charge in [-0.3, -0.25) is 14.4 Å². The molecule has 0 heterocycles. The van der Waals surface area contributed by atoms with Crippen molar-refractivity contribution >= 4 is 17.6 Å². The summed E-state index contributed by atoms with van der Waals surface area (Å²) in [5.74, 6) is -0.667. The van der Waals surface area contributed by atoms with Crippen molar-refractivity contribution in [3.8, 4) is 0 Å². The molecule has 2 aliphatic rings. The van der Waals surface area contributed by atoms with Gasteiger partial charge in [0.15, 0.2) is 11.5 Å². The van der Waals surface area contributed by atoms with Crippen molar-refractivity contribution in [1.29, 1.82) is 0 Å². The third-order valence-corrected chi connectivity index (χ3v) is 6.44. The summed E-state index contributed by atoms with van der Waals surface area (Å²) in [6.07, 6.45) is 5.74. The van der Waals surface area contributed by atoms with Gasteiger partial charge in [-0.2, -0.15) is 0 Å². The molecule has 3 rings (SSSR count). The number of allylic oxidation sites excluding steroid dienone is 1. The summed E-state index contributed by atoms with van der Waals surface area (Å²) in [4.78, 5) is 37.7. The lowest BCUT2D eigenvalue weighted by Crippen LogP contribution is -2.54. The van der Waals surface area contributed by atoms with Crippen molar-refractivity contribution in [2.45, 2.75) is 64.0 Å². The molecule has 0 unspecified atom stereocenters. The lowest BCUT2D eigenvalue weighted by Gasteiger charge is -2.34. The van der Waals surface area contributed by atoms with Gasteiger partial charge in [0.05, 0.1) is 13.0 Å². The average molecular weight is 413 g/mol. The first-order chi connectivity index (χ1) is 14.4. The Morgan fingerprint density at radius 3 is 2.27 bits per heavy atom. The number of nitrogens with one attached hydrogen (secondary N) is 2. The third kappa shape index (κ3) is 5.10. The minimum atomic E-state index is -0.489. The van der Waals surface area contributed by atoms with Gasteiger partial charge < -0.3 is 15.4 Å². The lowest BCUT2D eigenvalue weighted by atomic mass is 9.77. The van der Waals surface area contributed by atoms with Crippen molar-refractivity contribution in [3.63, 3.8) is 0 Å². The van der Waals surface area contributed by atoms with E-state index in [9.17, 15) is 14.4 Å². The second kappa shape index (κ2) is 9.92. The van der Waals surface area contributed by atoms with Crippen molar-refractivity contribution < 1.29 is 19.1 Å². The maximum Gasteiger partial charge on any atom is 0.227 e. The van der Waals surface area contributed by atoms with Crippen LogP contribution in [-0.4, -0.2) is 36.8 Å². The van der Waals surface area contributed by atoms with Crippen LogP contribution in [0.2, 0.25) is 0 Å². The van der Waals surface area contributed by atoms with Crippen LogP contribution in [0.5, 0.6) is 0 Å². The molecular weight excluding hydrogens is 380 g/mol. The Morgan fingerprint density at radius 2 is 1.67 bits per heavy atom. The van der Waals surface area contributed by atoms with Gasteiger partial charge >= 0.3 is 0 Å². The standard InChI is InChI=1S/C24H32N2O4/c1-15-18(17-9-5-4-6-10-17)13-22(28)23(30-3)14-19(15)24(29)26-21-12-8-7-11-20(21)25-16(2)27/h4-6,9-10,14-15,18-21H,7-8,11-13H2,1-3H3,(H,25,27)(H,26,29)/t15-,18+,19+,20+,21+/m1/s1. The van der Waals surface area contributed by atoms with Crippen LogP contribution in [0.4, 0.5) is 0 Å². The summed E-state index contributed by atoms with van der Waals surface area (Å²) in [6, 6.07) is 9.72. The molecule has 162 valence electrons. The van der Waals surface area contributed by atoms with Gasteiger partial charge in [0, 0.05) is 25.4 Å². The second-order valence-corrected chi connectivity index (χ2v) is 8.47. The summed E-state index contributed by atoms with van der Waals surface area (Å²) < 4.78 is 5.33. The van der Waals surface area contributed by atoms with E-state index in [4.69, 9.17) is 4.74 Å². The number of benzene rings is 1. The Labute approximate surface area is 178 Å². The first-order valence-electron chi connectivity index (χ1n) is 10.8. The zero-order chi connectivity index (χ0) is 21.7. The Bertz CT molecular complexity index is 805. The zero-order valence-electron chi connectivity index (χ0n) is 18.0. The maximum atomic E-state index is 13.4. The van der Waals surface area contributed by atoms with Crippen LogP contribution in [0.3, 0.4) is 0 Å². The molecule has 0 aromatic heterocycles. The smallest absolute Gasteiger partial charge is 0.227 e. The molecule has 0 bridgehead atoms. The van der Waals surface area contributed by atoms with E-state index in [1.165, 1.54) is 14.0 Å². The third-order valence-electron chi connectivity index (χ3n) is 6.44. The Hall–Kier alpha value is -2.63. The van der Waals surface area contributed by atoms with E-state index in [0.29, 0.717) is 6.42 Å². The zero-order valence-corrected chi connectivity index (χ0v) is 18.0. The van der Waals surface area contributed by atoms with Gasteiger partial charge in [0.1, 0.15) is 0 Å². The highest BCUT2D eigenvalue weighted by molar-refractivity contribution is 5.96. The number of rotatable bonds is 5. The van der Waals surface area contributed by atoms with E-state index in [0.717, 1.165) is 31.2 Å². The van der Waals surface area contributed by atoms with Gasteiger partial charge in [0.2, 0.25) is 11.8 Å². The molecule has 1 saturated carbocycles. The predicted molar refractivity (Wildman–Crippen MR) is 115 cm³/mol. The molecule has 1 fully saturated rings. The number of carbonyl (C=O) groups excluding carboxylic acids is 3. The number of hydrogen-bond donors (Lipinski definition) is 2. The van der Waals surface area contributed by atoms with Gasteiger partial charge in [0.25, 0.3) is 0 Å². The van der Waals surface area contributed by atoms with Crippen molar-refractivity contribution in [3.05, 3.63) is 47.7 Å². The molecule has 0 spiro atoms. The van der Waals surface area contributed by atoms with E-state index in [2.05, 4.69) is 10.6 Å². The molecule has 0 saturated heterocycles. The molecule has 6 nitrogen and oxygen atoms in total. The SMILES string of the molecule is COC1=C[C@H](C(=O)N[C@H]2CCCC[C@@H]2NC(C)=O)[C@H](C)[C@@H](c2ccccc2)CC1=O. The summed E-state index contributed by atoms with van der Waals surface area (Å²) in [5.41, 5.74) is 1.05. The minimum absolute atomic E-state index is 0.0567. The van der Waals surface area contributed by atoms with E-state index in [1.54, 1.807) is 6.08 Å². The van der Waals surface area contributed by atoms with Crippen molar-refractivity contribution in [2.75, 3.05) is 7.11 Å². The van der Waals surface area contributed by atoms with Crippen LogP contribution >= 0.6 is 0 Å². The molecule has 1 aromatic rings. The quantitative estimate of drug-likeness (QED) is 0.778. The van der Waals surface area contributed by atoms with Gasteiger partial charge in [-0.15, -0.1) is 0 Å². The van der Waals surface area contributed by atoms with Crippen LogP contribution in [0.25, 0.3) is 0 Å². The first kappa shape index (κ1) is 22.1. The fourth-order valence-electron chi connectivity index (χ4n) is 4.78. The predicted octanol–water partition coefficient (Wildman–Crippen LogP) is 3.09. The molecule has 6 heteroatoms. The Balaban J connectivity index is 1.84. The number of carbonyl (C=O) groups is 3. The van der Waals surface area contributed by atoms with E-state index in [1.807, 2.05) is 37.3 Å². The molecule has 0 aliphatic heterocycles. The van der Waals surface area contributed by atoms with Crippen LogP contribution in [0.1, 0.15) is 57.4 Å². The lowest BCUT2D eigenvalue weighted by molar-refractivity contribution is -0.127. The average Bonchev–Trinajstić information content (AvgIpc) is 2.86. The highest BCUT2D eigenvalue weighted by Gasteiger charge is 2.38. The number of amides is 2. The maximum absolute atomic E-state index is 13.4. The monoisotopic (exact) mass is 412 g/mol.